The smallest absolute Gasteiger partial charge is 0.345 e. The molecule has 10 heterocycles. The second-order valence-corrected chi connectivity index (χ2v) is 39.6. The standard InChI is InChI=1S/C26H29NO.C24H27N3O.C24H27NO.C22H21NO3.C22H23NO2/c1-16-8-11-23-20(12-16)9-10-21-15-19(4)28-25(21)27(23)24-17(2)13-22(14-18(24)3)26(5,6)7;1-14-8-9-21-19(10-14)25-26-20-13-17(4)28-23(20)27(21)22-15(2)11-18(12-16(22)3)24(5,6)7;1-15-9-10-22-20(13-15)7-6-8-21-14-19(5)26-24(21)25(22)23-17(3)11-16(2)12-18(23)4;1-12-6-7-18-17(10-12)22(24)26-19-11-16(5)25-21(19)23(18)20-14(3)8-13(2)9-15(20)4;1-13-6-7-19-18(10-13)12-24-20-11-17(5)25-22(20)23(19)21-15(3)8-14(2)9-16(21)4/h8-15H,1-7H3;8-13H,1-7H3;9-14H,6-8H2,1-5H3;6-11H,1-5H3;6-11H,12H2,1-5H3. The summed E-state index contributed by atoms with van der Waals surface area (Å²) in [6.07, 6.45) is 7.67. The molecule has 15 nitrogen and oxygen atoms in total. The molecule has 0 aliphatic carbocycles. The summed E-state index contributed by atoms with van der Waals surface area (Å²) in [6.45, 7) is 62.4. The predicted molar refractivity (Wildman–Crippen MR) is 548 cm³/mol. The predicted octanol–water partition coefficient (Wildman–Crippen LogP) is 34.6. The Morgan fingerprint density at radius 3 is 1.16 bits per heavy atom. The molecule has 5 aromatic heterocycles. The number of carbonyl (C=O) groups is 1. The molecule has 15 aromatic rings. The summed E-state index contributed by atoms with van der Waals surface area (Å²) in [6, 6.07) is 64.5. The van der Waals surface area contributed by atoms with Gasteiger partial charge >= 0.3 is 5.97 Å². The average Bonchev–Trinajstić information content (AvgIpc) is 1.77. The van der Waals surface area contributed by atoms with Crippen LogP contribution in [0.2, 0.25) is 0 Å². The van der Waals surface area contributed by atoms with Gasteiger partial charge in [-0.25, -0.2) is 4.79 Å². The van der Waals surface area contributed by atoms with Gasteiger partial charge in [0.25, 0.3) is 0 Å². The Kier molecular flexibility index (Phi) is 25.3. The fraction of sp³-hybridized carbons (Fsp3) is 0.297. The lowest BCUT2D eigenvalue weighted by atomic mass is 9.84. The van der Waals surface area contributed by atoms with E-state index in [0.717, 1.165) is 151 Å². The van der Waals surface area contributed by atoms with Crippen LogP contribution in [0.4, 0.5) is 97.7 Å². The first-order chi connectivity index (χ1) is 63.0. The number of azo groups is 1. The molecule has 0 atom stereocenters. The number of aryl methyl sites for hydroxylation is 25. The molecule has 682 valence electrons. The molecule has 0 amide bonds. The summed E-state index contributed by atoms with van der Waals surface area (Å²) in [7, 11) is 0. The van der Waals surface area contributed by atoms with Gasteiger partial charge in [-0.05, 0) is 340 Å². The molecule has 15 heteroatoms. The minimum absolute atomic E-state index is 0.0962. The van der Waals surface area contributed by atoms with Crippen LogP contribution in [-0.2, 0) is 30.3 Å². The van der Waals surface area contributed by atoms with E-state index in [4.69, 9.17) is 31.6 Å². The number of hydrogen-bond acceptors (Lipinski definition) is 15. The van der Waals surface area contributed by atoms with Crippen molar-refractivity contribution in [1.82, 2.24) is 0 Å². The molecular weight excluding hydrogens is 1640 g/mol. The van der Waals surface area contributed by atoms with Gasteiger partial charge in [-0.1, -0.05) is 190 Å². The fourth-order valence-electron chi connectivity index (χ4n) is 19.8. The molecule has 5 aliphatic rings. The average molecular weight is 1770 g/mol. The van der Waals surface area contributed by atoms with Crippen molar-refractivity contribution in [3.05, 3.63) is 355 Å². The van der Waals surface area contributed by atoms with E-state index in [1.165, 1.54) is 128 Å². The van der Waals surface area contributed by atoms with Gasteiger partial charge < -0.3 is 31.6 Å². The molecule has 5 aliphatic heterocycles. The van der Waals surface area contributed by atoms with Crippen LogP contribution >= 0.6 is 0 Å². The molecule has 0 fully saturated rings. The van der Waals surface area contributed by atoms with E-state index in [1.807, 2.05) is 76.8 Å². The van der Waals surface area contributed by atoms with Crippen LogP contribution < -0.4 is 34.0 Å². The van der Waals surface area contributed by atoms with E-state index in [1.54, 1.807) is 6.07 Å². The number of fused-ring (bicyclic) bond motifs is 10. The maximum Gasteiger partial charge on any atom is 0.345 e. The highest BCUT2D eigenvalue weighted by Crippen LogP contribution is 2.56. The third-order valence-electron chi connectivity index (χ3n) is 25.5. The Morgan fingerprint density at radius 1 is 0.278 bits per heavy atom. The number of rotatable bonds is 5. The van der Waals surface area contributed by atoms with Crippen molar-refractivity contribution in [3.63, 3.8) is 0 Å². The molecule has 0 bridgehead atoms. The van der Waals surface area contributed by atoms with E-state index in [2.05, 4.69) is 347 Å². The van der Waals surface area contributed by atoms with E-state index in [9.17, 15) is 4.79 Å². The molecule has 20 rings (SSSR count). The minimum atomic E-state index is -0.365. The first-order valence-corrected chi connectivity index (χ1v) is 46.5. The second kappa shape index (κ2) is 36.4. The zero-order chi connectivity index (χ0) is 95.2. The minimum Gasteiger partial charge on any atom is -0.483 e. The van der Waals surface area contributed by atoms with Crippen LogP contribution in [0.15, 0.2) is 214 Å². The van der Waals surface area contributed by atoms with Crippen molar-refractivity contribution in [3.8, 4) is 11.5 Å². The summed E-state index contributed by atoms with van der Waals surface area (Å²) in [5.74, 6) is 9.07. The van der Waals surface area contributed by atoms with Crippen molar-refractivity contribution in [1.29, 1.82) is 0 Å². The first-order valence-electron chi connectivity index (χ1n) is 46.5. The lowest BCUT2D eigenvalue weighted by Gasteiger charge is -2.31. The number of nitrogens with zero attached hydrogens (tertiary/aromatic N) is 7. The summed E-state index contributed by atoms with van der Waals surface area (Å²) in [5.41, 5.74) is 44.2. The van der Waals surface area contributed by atoms with E-state index in [0.29, 0.717) is 29.6 Å². The Morgan fingerprint density at radius 2 is 0.632 bits per heavy atom. The van der Waals surface area contributed by atoms with Gasteiger partial charge in [0.15, 0.2) is 11.5 Å². The van der Waals surface area contributed by atoms with Crippen LogP contribution in [0, 0.1) is 159 Å². The lowest BCUT2D eigenvalue weighted by Crippen LogP contribution is -2.17. The van der Waals surface area contributed by atoms with Crippen LogP contribution in [0.3, 0.4) is 0 Å². The van der Waals surface area contributed by atoms with Gasteiger partial charge in [0.05, 0.1) is 62.4 Å². The van der Waals surface area contributed by atoms with Gasteiger partial charge in [-0.15, -0.1) is 10.2 Å². The van der Waals surface area contributed by atoms with Gasteiger partial charge in [-0.3, -0.25) is 24.5 Å². The molecular formula is C118H127N7O8. The quantitative estimate of drug-likeness (QED) is 0.151. The van der Waals surface area contributed by atoms with Crippen LogP contribution in [0.5, 0.6) is 11.5 Å². The van der Waals surface area contributed by atoms with Gasteiger partial charge in [-0.2, -0.15) is 0 Å². The van der Waals surface area contributed by atoms with Crippen molar-refractivity contribution >= 4 is 116 Å². The maximum absolute atomic E-state index is 12.7. The lowest BCUT2D eigenvalue weighted by molar-refractivity contribution is 0.0738. The maximum atomic E-state index is 12.7. The monoisotopic (exact) mass is 1770 g/mol. The number of anilines is 15. The van der Waals surface area contributed by atoms with Crippen LogP contribution in [-0.4, -0.2) is 5.97 Å². The molecule has 0 saturated heterocycles. The Balaban J connectivity index is 0.000000121. The summed E-state index contributed by atoms with van der Waals surface area (Å²) in [4.78, 5) is 23.8. The number of hydrogen-bond donors (Lipinski definition) is 0. The highest BCUT2D eigenvalue weighted by molar-refractivity contribution is 6.03. The Hall–Kier alpha value is -13.8. The number of ether oxygens (including phenoxy) is 2. The van der Waals surface area contributed by atoms with Crippen molar-refractivity contribution in [2.75, 3.05) is 24.5 Å². The normalized spacial score (nSPS) is 13.3. The van der Waals surface area contributed by atoms with Crippen LogP contribution in [0.1, 0.15) is 226 Å². The molecule has 10 aromatic carbocycles. The number of esters is 1. The first kappa shape index (κ1) is 92.5. The van der Waals surface area contributed by atoms with E-state index in [-0.39, 0.29) is 16.8 Å². The molecule has 133 heavy (non-hydrogen) atoms. The largest absolute Gasteiger partial charge is 0.483 e. The zero-order valence-corrected chi connectivity index (χ0v) is 83.2. The van der Waals surface area contributed by atoms with E-state index < -0.39 is 0 Å². The second-order valence-electron chi connectivity index (χ2n) is 39.6. The highest BCUT2D eigenvalue weighted by Gasteiger charge is 2.37. The SMILES string of the molecule is Cc1cc(C)c(N2c3ccc(C)cc3C(=O)Oc3cc(C)oc32)c(C)c1.Cc1cc(C)c(N2c3ccc(C)cc3CCCc3cc(C)oc32)c(C)c1.Cc1cc(C)c(N2c3ccc(C)cc3COc3cc(C)oc32)c(C)c1.Cc1ccc2c(c1)C=Cc1cc(C)oc1N2c1c(C)cc(C(C)(C)C)cc1C.Cc1ccc2c(c1)N=Nc1cc(C)oc1N2c1c(C)cc(C(C)(C)C)cc1C. The third-order valence-corrected chi connectivity index (χ3v) is 25.5. The highest BCUT2D eigenvalue weighted by atomic mass is 16.5. The molecule has 0 radical (unpaired) electrons. The van der Waals surface area contributed by atoms with Gasteiger partial charge in [0.1, 0.15) is 46.8 Å². The summed E-state index contributed by atoms with van der Waals surface area (Å²) in [5, 5.41) is 8.99. The van der Waals surface area contributed by atoms with Gasteiger partial charge in [0.2, 0.25) is 29.4 Å². The van der Waals surface area contributed by atoms with Crippen molar-refractivity contribution in [2.45, 2.75) is 237 Å². The summed E-state index contributed by atoms with van der Waals surface area (Å²) >= 11 is 0. The van der Waals surface area contributed by atoms with E-state index >= 15 is 0 Å². The topological polar surface area (TPSA) is 142 Å². The van der Waals surface area contributed by atoms with Crippen molar-refractivity contribution in [2.24, 2.45) is 10.2 Å². The van der Waals surface area contributed by atoms with Gasteiger partial charge in [0, 0.05) is 34.9 Å². The zero-order valence-electron chi connectivity index (χ0n) is 83.2. The fourth-order valence-corrected chi connectivity index (χ4v) is 19.8. The molecule has 0 N–H and O–H groups in total. The third kappa shape index (κ3) is 18.7. The number of benzene rings is 10. The Bertz CT molecular complexity index is 6850. The number of carbonyl (C=O) groups excluding carboxylic acids is 1. The number of furan rings is 5. The van der Waals surface area contributed by atoms with Crippen molar-refractivity contribution < 1.29 is 36.4 Å². The Labute approximate surface area is 786 Å². The molecule has 0 spiro atoms. The summed E-state index contributed by atoms with van der Waals surface area (Å²) < 4.78 is 42.4. The molecule has 0 unspecified atom stereocenters. The molecule has 0 saturated carbocycles. The van der Waals surface area contributed by atoms with Crippen LogP contribution in [0.25, 0.3) is 12.2 Å².